The number of halogens is 1. The normalized spacial score (nSPS) is 12.8. The van der Waals surface area contributed by atoms with Crippen molar-refractivity contribution in [3.63, 3.8) is 0 Å². The van der Waals surface area contributed by atoms with Gasteiger partial charge in [0.25, 0.3) is 0 Å². The van der Waals surface area contributed by atoms with Crippen molar-refractivity contribution in [3.8, 4) is 0 Å². The van der Waals surface area contributed by atoms with Crippen molar-refractivity contribution >= 4 is 11.6 Å². The predicted octanol–water partition coefficient (Wildman–Crippen LogP) is 2.05. The third-order valence-corrected chi connectivity index (χ3v) is 2.81. The minimum absolute atomic E-state index is 0.131. The number of ether oxygens (including phenoxy) is 1. The van der Waals surface area contributed by atoms with Gasteiger partial charge in [-0.25, -0.2) is 0 Å². The van der Waals surface area contributed by atoms with Crippen LogP contribution >= 0.6 is 11.6 Å². The van der Waals surface area contributed by atoms with Gasteiger partial charge in [0.05, 0.1) is 6.10 Å². The molecule has 3 nitrogen and oxygen atoms in total. The summed E-state index contributed by atoms with van der Waals surface area (Å²) in [5.41, 5.74) is 7.67. The summed E-state index contributed by atoms with van der Waals surface area (Å²) < 4.78 is 5.57. The van der Waals surface area contributed by atoms with Crippen molar-refractivity contribution in [1.29, 1.82) is 0 Å². The molecule has 0 aliphatic rings. The second-order valence-corrected chi connectivity index (χ2v) is 4.09. The lowest BCUT2D eigenvalue weighted by Crippen LogP contribution is -2.17. The van der Waals surface area contributed by atoms with E-state index in [1.165, 1.54) is 0 Å². The standard InChI is InChI=1S/C12H18ClNO2/c1-9-3-4-10(7-11(9)13)12(8-14)16-6-2-5-15/h3-4,7,12,15H,2,5-6,8,14H2,1H3. The van der Waals surface area contributed by atoms with E-state index in [1.54, 1.807) is 0 Å². The molecule has 3 N–H and O–H groups in total. The third-order valence-electron chi connectivity index (χ3n) is 2.40. The van der Waals surface area contributed by atoms with Crippen molar-refractivity contribution in [1.82, 2.24) is 0 Å². The number of rotatable bonds is 6. The van der Waals surface area contributed by atoms with Crippen LogP contribution in [-0.2, 0) is 4.74 Å². The predicted molar refractivity (Wildman–Crippen MR) is 65.6 cm³/mol. The van der Waals surface area contributed by atoms with Gasteiger partial charge in [-0.15, -0.1) is 0 Å². The molecule has 0 aliphatic carbocycles. The Morgan fingerprint density at radius 3 is 2.81 bits per heavy atom. The van der Waals surface area contributed by atoms with Gasteiger partial charge < -0.3 is 15.6 Å². The molecule has 0 fully saturated rings. The van der Waals surface area contributed by atoms with E-state index in [1.807, 2.05) is 25.1 Å². The van der Waals surface area contributed by atoms with E-state index in [2.05, 4.69) is 0 Å². The van der Waals surface area contributed by atoms with Gasteiger partial charge in [0, 0.05) is 24.8 Å². The molecule has 0 bridgehead atoms. The molecule has 90 valence electrons. The maximum Gasteiger partial charge on any atom is 0.0947 e. The third kappa shape index (κ3) is 3.76. The summed E-state index contributed by atoms with van der Waals surface area (Å²) in [7, 11) is 0. The van der Waals surface area contributed by atoms with Crippen molar-refractivity contribution < 1.29 is 9.84 Å². The SMILES string of the molecule is Cc1ccc(C(CN)OCCCO)cc1Cl. The Hall–Kier alpha value is -0.610. The molecule has 0 aromatic heterocycles. The summed E-state index contributed by atoms with van der Waals surface area (Å²) in [5, 5.41) is 9.39. The number of aryl methyl sites for hydroxylation is 1. The number of hydrogen-bond donors (Lipinski definition) is 2. The molecular weight excluding hydrogens is 226 g/mol. The first-order valence-corrected chi connectivity index (χ1v) is 5.75. The molecule has 4 heteroatoms. The molecule has 0 heterocycles. The zero-order valence-corrected chi connectivity index (χ0v) is 10.2. The van der Waals surface area contributed by atoms with Crippen molar-refractivity contribution in [2.45, 2.75) is 19.4 Å². The fourth-order valence-electron chi connectivity index (χ4n) is 1.40. The van der Waals surface area contributed by atoms with Gasteiger partial charge in [0.2, 0.25) is 0 Å². The van der Waals surface area contributed by atoms with Gasteiger partial charge in [0.1, 0.15) is 0 Å². The van der Waals surface area contributed by atoms with Crippen LogP contribution in [0.1, 0.15) is 23.7 Å². The van der Waals surface area contributed by atoms with E-state index >= 15 is 0 Å². The van der Waals surface area contributed by atoms with Gasteiger partial charge in [-0.2, -0.15) is 0 Å². The van der Waals surface area contributed by atoms with Gasteiger partial charge in [-0.05, 0) is 30.5 Å². The Morgan fingerprint density at radius 2 is 2.25 bits per heavy atom. The Morgan fingerprint density at radius 1 is 1.50 bits per heavy atom. The molecule has 0 saturated heterocycles. The lowest BCUT2D eigenvalue weighted by atomic mass is 10.1. The van der Waals surface area contributed by atoms with Gasteiger partial charge in [-0.3, -0.25) is 0 Å². The zero-order chi connectivity index (χ0) is 12.0. The summed E-state index contributed by atoms with van der Waals surface area (Å²) in [6, 6.07) is 5.81. The minimum atomic E-state index is -0.148. The topological polar surface area (TPSA) is 55.5 Å². The summed E-state index contributed by atoms with van der Waals surface area (Å²) in [6.45, 7) is 3.00. The van der Waals surface area contributed by atoms with Crippen LogP contribution in [0.25, 0.3) is 0 Å². The van der Waals surface area contributed by atoms with Crippen LogP contribution in [-0.4, -0.2) is 24.9 Å². The summed E-state index contributed by atoms with van der Waals surface area (Å²) in [5.74, 6) is 0. The number of aliphatic hydroxyl groups is 1. The van der Waals surface area contributed by atoms with Crippen LogP contribution in [0.4, 0.5) is 0 Å². The molecule has 0 saturated carbocycles. The maximum absolute atomic E-state index is 8.67. The van der Waals surface area contributed by atoms with Crippen LogP contribution in [0.5, 0.6) is 0 Å². The van der Waals surface area contributed by atoms with Crippen LogP contribution < -0.4 is 5.73 Å². The Bertz CT molecular complexity index is 331. The highest BCUT2D eigenvalue weighted by molar-refractivity contribution is 6.31. The maximum atomic E-state index is 8.67. The van der Waals surface area contributed by atoms with Gasteiger partial charge in [0.15, 0.2) is 0 Å². The molecule has 1 aromatic rings. The molecule has 0 aliphatic heterocycles. The fourth-order valence-corrected chi connectivity index (χ4v) is 1.59. The largest absolute Gasteiger partial charge is 0.396 e. The lowest BCUT2D eigenvalue weighted by molar-refractivity contribution is 0.0488. The van der Waals surface area contributed by atoms with Gasteiger partial charge in [-0.1, -0.05) is 23.7 Å². The number of hydrogen-bond acceptors (Lipinski definition) is 3. The van der Waals surface area contributed by atoms with Crippen LogP contribution in [0.3, 0.4) is 0 Å². The van der Waals surface area contributed by atoms with Crippen molar-refractivity contribution in [3.05, 3.63) is 34.3 Å². The van der Waals surface area contributed by atoms with Crippen molar-refractivity contribution in [2.24, 2.45) is 5.73 Å². The average Bonchev–Trinajstić information content (AvgIpc) is 2.29. The van der Waals surface area contributed by atoms with E-state index < -0.39 is 0 Å². The monoisotopic (exact) mass is 243 g/mol. The highest BCUT2D eigenvalue weighted by Gasteiger charge is 2.10. The first-order chi connectivity index (χ1) is 7.69. The summed E-state index contributed by atoms with van der Waals surface area (Å²) in [4.78, 5) is 0. The Labute approximate surface area is 101 Å². The number of benzene rings is 1. The minimum Gasteiger partial charge on any atom is -0.396 e. The van der Waals surface area contributed by atoms with Crippen LogP contribution in [0, 0.1) is 6.92 Å². The summed E-state index contributed by atoms with van der Waals surface area (Å²) in [6.07, 6.45) is 0.473. The molecule has 16 heavy (non-hydrogen) atoms. The van der Waals surface area contributed by atoms with Crippen LogP contribution in [0.2, 0.25) is 5.02 Å². The average molecular weight is 244 g/mol. The first kappa shape index (κ1) is 13.5. The number of aliphatic hydroxyl groups excluding tert-OH is 1. The van der Waals surface area contributed by atoms with Gasteiger partial charge >= 0.3 is 0 Å². The van der Waals surface area contributed by atoms with E-state index in [4.69, 9.17) is 27.2 Å². The van der Waals surface area contributed by atoms with Crippen molar-refractivity contribution in [2.75, 3.05) is 19.8 Å². The molecule has 1 rings (SSSR count). The zero-order valence-electron chi connectivity index (χ0n) is 9.45. The first-order valence-electron chi connectivity index (χ1n) is 5.37. The van der Waals surface area contributed by atoms with E-state index in [0.717, 1.165) is 16.1 Å². The second kappa shape index (κ2) is 6.86. The van der Waals surface area contributed by atoms with Crippen LogP contribution in [0.15, 0.2) is 18.2 Å². The number of nitrogens with two attached hydrogens (primary N) is 1. The molecule has 1 atom stereocenters. The quantitative estimate of drug-likeness (QED) is 0.752. The highest BCUT2D eigenvalue weighted by atomic mass is 35.5. The molecule has 1 unspecified atom stereocenters. The fraction of sp³-hybridized carbons (Fsp3) is 0.500. The summed E-state index contributed by atoms with van der Waals surface area (Å²) >= 11 is 6.04. The van der Waals surface area contributed by atoms with E-state index in [9.17, 15) is 0 Å². The molecule has 0 radical (unpaired) electrons. The van der Waals surface area contributed by atoms with E-state index in [0.29, 0.717) is 19.6 Å². The van der Waals surface area contributed by atoms with E-state index in [-0.39, 0.29) is 12.7 Å². The second-order valence-electron chi connectivity index (χ2n) is 3.68. The Balaban J connectivity index is 2.67. The molecular formula is C12H18ClNO2. The molecule has 0 amide bonds. The smallest absolute Gasteiger partial charge is 0.0947 e. The molecule has 1 aromatic carbocycles. The Kier molecular flexibility index (Phi) is 5.77. The lowest BCUT2D eigenvalue weighted by Gasteiger charge is -2.16. The molecule has 0 spiro atoms. The highest BCUT2D eigenvalue weighted by Crippen LogP contribution is 2.23.